The van der Waals surface area contributed by atoms with Crippen molar-refractivity contribution < 1.29 is 4.79 Å². The normalized spacial score (nSPS) is 24.9. The van der Waals surface area contributed by atoms with Crippen LogP contribution >= 0.6 is 0 Å². The Morgan fingerprint density at radius 1 is 1.08 bits per heavy atom. The van der Waals surface area contributed by atoms with Gasteiger partial charge in [0.05, 0.1) is 0 Å². The van der Waals surface area contributed by atoms with Gasteiger partial charge in [-0.05, 0) is 37.7 Å². The minimum absolute atomic E-state index is 0.266. The van der Waals surface area contributed by atoms with Crippen LogP contribution in [0.1, 0.15) is 51.9 Å². The maximum absolute atomic E-state index is 12.8. The van der Waals surface area contributed by atoms with Gasteiger partial charge in [0.25, 0.3) is 0 Å². The van der Waals surface area contributed by atoms with Crippen molar-refractivity contribution in [2.24, 2.45) is 11.8 Å². The van der Waals surface area contributed by atoms with E-state index in [1.807, 2.05) is 6.07 Å². The SMILES string of the molecule is CCCCC1CCC(C(=O)N2CCN(c3ncccn3)CC2)CC1. The van der Waals surface area contributed by atoms with Crippen molar-refractivity contribution in [1.29, 1.82) is 0 Å². The molecule has 0 radical (unpaired) electrons. The van der Waals surface area contributed by atoms with E-state index in [-0.39, 0.29) is 5.92 Å². The van der Waals surface area contributed by atoms with Crippen LogP contribution in [0.2, 0.25) is 0 Å². The molecule has 1 aliphatic heterocycles. The molecule has 0 atom stereocenters. The van der Waals surface area contributed by atoms with Gasteiger partial charge >= 0.3 is 0 Å². The first kappa shape index (κ1) is 17.2. The Morgan fingerprint density at radius 2 is 1.75 bits per heavy atom. The first-order valence-electron chi connectivity index (χ1n) is 9.58. The molecule has 0 aromatic carbocycles. The van der Waals surface area contributed by atoms with Gasteiger partial charge in [-0.25, -0.2) is 9.97 Å². The maximum Gasteiger partial charge on any atom is 0.225 e. The van der Waals surface area contributed by atoms with Crippen molar-refractivity contribution in [3.05, 3.63) is 18.5 Å². The lowest BCUT2D eigenvalue weighted by Gasteiger charge is -2.37. The van der Waals surface area contributed by atoms with Crippen LogP contribution in [-0.4, -0.2) is 47.0 Å². The van der Waals surface area contributed by atoms with E-state index < -0.39 is 0 Å². The third-order valence-corrected chi connectivity index (χ3v) is 5.59. The van der Waals surface area contributed by atoms with Gasteiger partial charge in [0.1, 0.15) is 0 Å². The van der Waals surface area contributed by atoms with Crippen LogP contribution in [0.5, 0.6) is 0 Å². The molecule has 3 rings (SSSR count). The highest BCUT2D eigenvalue weighted by molar-refractivity contribution is 5.79. The third-order valence-electron chi connectivity index (χ3n) is 5.59. The largest absolute Gasteiger partial charge is 0.339 e. The maximum atomic E-state index is 12.8. The minimum atomic E-state index is 0.266. The van der Waals surface area contributed by atoms with Crippen molar-refractivity contribution in [3.8, 4) is 0 Å². The number of rotatable bonds is 5. The highest BCUT2D eigenvalue weighted by Crippen LogP contribution is 2.33. The van der Waals surface area contributed by atoms with E-state index in [4.69, 9.17) is 0 Å². The van der Waals surface area contributed by atoms with Gasteiger partial charge < -0.3 is 9.80 Å². The summed E-state index contributed by atoms with van der Waals surface area (Å²) in [5.41, 5.74) is 0. The van der Waals surface area contributed by atoms with E-state index in [2.05, 4.69) is 26.7 Å². The molecule has 1 aliphatic carbocycles. The predicted molar refractivity (Wildman–Crippen MR) is 95.8 cm³/mol. The fraction of sp³-hybridized carbons (Fsp3) is 0.737. The molecule has 1 aromatic rings. The van der Waals surface area contributed by atoms with Crippen LogP contribution in [0.25, 0.3) is 0 Å². The monoisotopic (exact) mass is 330 g/mol. The van der Waals surface area contributed by atoms with Crippen molar-refractivity contribution in [3.63, 3.8) is 0 Å². The molecule has 2 fully saturated rings. The lowest BCUT2D eigenvalue weighted by molar-refractivity contribution is -0.137. The minimum Gasteiger partial charge on any atom is -0.339 e. The van der Waals surface area contributed by atoms with E-state index in [0.717, 1.165) is 50.9 Å². The Labute approximate surface area is 145 Å². The zero-order valence-corrected chi connectivity index (χ0v) is 14.9. The second-order valence-electron chi connectivity index (χ2n) is 7.22. The molecule has 24 heavy (non-hydrogen) atoms. The first-order chi connectivity index (χ1) is 11.8. The summed E-state index contributed by atoms with van der Waals surface area (Å²) in [6, 6.07) is 1.83. The van der Waals surface area contributed by atoms with Crippen molar-refractivity contribution in [2.45, 2.75) is 51.9 Å². The molecule has 1 saturated heterocycles. The van der Waals surface area contributed by atoms with Crippen LogP contribution in [0, 0.1) is 11.8 Å². The fourth-order valence-corrected chi connectivity index (χ4v) is 4.03. The molecule has 132 valence electrons. The molecule has 0 spiro atoms. The third kappa shape index (κ3) is 4.25. The summed E-state index contributed by atoms with van der Waals surface area (Å²) in [4.78, 5) is 25.6. The van der Waals surface area contributed by atoms with E-state index in [1.54, 1.807) is 12.4 Å². The second kappa shape index (κ2) is 8.45. The van der Waals surface area contributed by atoms with Gasteiger partial charge in [-0.2, -0.15) is 0 Å². The van der Waals surface area contributed by atoms with E-state index >= 15 is 0 Å². The van der Waals surface area contributed by atoms with E-state index in [0.29, 0.717) is 5.91 Å². The van der Waals surface area contributed by atoms with Gasteiger partial charge in [-0.15, -0.1) is 0 Å². The number of anilines is 1. The number of carbonyl (C=O) groups is 1. The van der Waals surface area contributed by atoms with Crippen LogP contribution < -0.4 is 4.90 Å². The lowest BCUT2D eigenvalue weighted by atomic mass is 9.79. The summed E-state index contributed by atoms with van der Waals surface area (Å²) < 4.78 is 0. The number of aromatic nitrogens is 2. The molecule has 5 heteroatoms. The molecule has 0 bridgehead atoms. The highest BCUT2D eigenvalue weighted by Gasteiger charge is 2.31. The van der Waals surface area contributed by atoms with Gasteiger partial charge in [-0.1, -0.05) is 26.2 Å². The number of nitrogens with zero attached hydrogens (tertiary/aromatic N) is 4. The Morgan fingerprint density at radius 3 is 2.38 bits per heavy atom. The van der Waals surface area contributed by atoms with Crippen LogP contribution in [-0.2, 0) is 4.79 Å². The summed E-state index contributed by atoms with van der Waals surface area (Å²) >= 11 is 0. The molecular weight excluding hydrogens is 300 g/mol. The Balaban J connectivity index is 1.44. The molecule has 0 N–H and O–H groups in total. The molecule has 0 unspecified atom stereocenters. The first-order valence-corrected chi connectivity index (χ1v) is 9.58. The van der Waals surface area contributed by atoms with Crippen molar-refractivity contribution in [2.75, 3.05) is 31.1 Å². The fourth-order valence-electron chi connectivity index (χ4n) is 4.03. The number of piperazine rings is 1. The number of unbranched alkanes of at least 4 members (excludes halogenated alkanes) is 1. The van der Waals surface area contributed by atoms with Gasteiger partial charge in [0.15, 0.2) is 0 Å². The lowest BCUT2D eigenvalue weighted by Crippen LogP contribution is -2.51. The Kier molecular flexibility index (Phi) is 6.05. The van der Waals surface area contributed by atoms with Gasteiger partial charge in [0, 0.05) is 44.5 Å². The molecule has 5 nitrogen and oxygen atoms in total. The van der Waals surface area contributed by atoms with E-state index in [1.165, 1.54) is 32.1 Å². The zero-order valence-electron chi connectivity index (χ0n) is 14.9. The molecule has 2 aliphatic rings. The van der Waals surface area contributed by atoms with Crippen LogP contribution in [0.15, 0.2) is 18.5 Å². The number of hydrogen-bond donors (Lipinski definition) is 0. The highest BCUT2D eigenvalue weighted by atomic mass is 16.2. The second-order valence-corrected chi connectivity index (χ2v) is 7.22. The smallest absolute Gasteiger partial charge is 0.225 e. The molecular formula is C19H30N4O. The average Bonchev–Trinajstić information content (AvgIpc) is 2.67. The molecule has 2 heterocycles. The summed E-state index contributed by atoms with van der Waals surface area (Å²) in [7, 11) is 0. The van der Waals surface area contributed by atoms with Crippen LogP contribution in [0.4, 0.5) is 5.95 Å². The van der Waals surface area contributed by atoms with Gasteiger partial charge in [-0.3, -0.25) is 4.79 Å². The summed E-state index contributed by atoms with van der Waals surface area (Å²) in [6.07, 6.45) is 12.2. The molecule has 1 saturated carbocycles. The average molecular weight is 330 g/mol. The van der Waals surface area contributed by atoms with Crippen molar-refractivity contribution in [1.82, 2.24) is 14.9 Å². The summed E-state index contributed by atoms with van der Waals surface area (Å²) in [5.74, 6) is 2.29. The number of amides is 1. The molecule has 1 aromatic heterocycles. The van der Waals surface area contributed by atoms with Crippen molar-refractivity contribution >= 4 is 11.9 Å². The predicted octanol–water partition coefficient (Wildman–Crippen LogP) is 3.12. The van der Waals surface area contributed by atoms with Crippen LogP contribution in [0.3, 0.4) is 0 Å². The Hall–Kier alpha value is -1.65. The Bertz CT molecular complexity index is 505. The zero-order chi connectivity index (χ0) is 16.8. The standard InChI is InChI=1S/C19H30N4O/c1-2-3-5-16-6-8-17(9-7-16)18(24)22-12-14-23(15-13-22)19-20-10-4-11-21-19/h4,10-11,16-17H,2-3,5-9,12-15H2,1H3. The summed E-state index contributed by atoms with van der Waals surface area (Å²) in [5, 5.41) is 0. The summed E-state index contributed by atoms with van der Waals surface area (Å²) in [6.45, 7) is 5.53. The van der Waals surface area contributed by atoms with E-state index in [9.17, 15) is 4.79 Å². The topological polar surface area (TPSA) is 49.3 Å². The van der Waals surface area contributed by atoms with Gasteiger partial charge in [0.2, 0.25) is 11.9 Å². The molecule has 1 amide bonds. The quantitative estimate of drug-likeness (QED) is 0.832. The number of carbonyl (C=O) groups excluding carboxylic acids is 1. The number of hydrogen-bond acceptors (Lipinski definition) is 4.